The molecule has 1 N–H and O–H groups in total. The highest BCUT2D eigenvalue weighted by Crippen LogP contribution is 2.22. The van der Waals surface area contributed by atoms with Crippen molar-refractivity contribution in [3.8, 4) is 0 Å². The molecule has 3 aromatic rings. The molecule has 1 fully saturated rings. The lowest BCUT2D eigenvalue weighted by Crippen LogP contribution is -2.48. The number of amides is 1. The summed E-state index contributed by atoms with van der Waals surface area (Å²) in [5.41, 5.74) is -0.328. The maximum absolute atomic E-state index is 13.0. The Kier molecular flexibility index (Phi) is 6.14. The van der Waals surface area contributed by atoms with Crippen molar-refractivity contribution in [2.24, 2.45) is 14.1 Å². The lowest BCUT2D eigenvalue weighted by atomic mass is 10.2. The molecule has 2 aromatic heterocycles. The van der Waals surface area contributed by atoms with E-state index >= 15 is 0 Å². The zero-order chi connectivity index (χ0) is 24.8. The van der Waals surface area contributed by atoms with Gasteiger partial charge >= 0.3 is 5.69 Å². The molecule has 0 bridgehead atoms. The summed E-state index contributed by atoms with van der Waals surface area (Å²) in [5.74, 6) is -0.500. The number of carbonyl (C=O) groups is 1. The van der Waals surface area contributed by atoms with Gasteiger partial charge in [-0.1, -0.05) is 0 Å². The second kappa shape index (κ2) is 8.78. The number of anilines is 1. The van der Waals surface area contributed by atoms with Crippen LogP contribution in [-0.4, -0.2) is 58.0 Å². The highest BCUT2D eigenvalue weighted by Gasteiger charge is 2.32. The molecule has 1 aliphatic heterocycles. The topological polar surface area (TPSA) is 133 Å². The van der Waals surface area contributed by atoms with Crippen molar-refractivity contribution in [1.29, 1.82) is 0 Å². The van der Waals surface area contributed by atoms with Gasteiger partial charge in [-0.25, -0.2) is 18.2 Å². The Morgan fingerprint density at radius 2 is 1.68 bits per heavy atom. The minimum absolute atomic E-state index is 0.0853. The molecule has 0 aliphatic carbocycles. The number of nitrogens with zero attached hydrogens (tertiary/aromatic N) is 4. The molecule has 1 aromatic carbocycles. The number of aryl methyl sites for hydroxylation is 1. The normalized spacial score (nSPS) is 19.3. The predicted molar refractivity (Wildman–Crippen MR) is 125 cm³/mol. The Hall–Kier alpha value is -3.35. The predicted octanol–water partition coefficient (Wildman–Crippen LogP) is 0.682. The molecule has 4 rings (SSSR count). The summed E-state index contributed by atoms with van der Waals surface area (Å²) < 4.78 is 35.2. The number of fused-ring (bicyclic) bond motifs is 1. The van der Waals surface area contributed by atoms with Crippen LogP contribution in [0.2, 0.25) is 0 Å². The lowest BCUT2D eigenvalue weighted by Gasteiger charge is -2.34. The van der Waals surface area contributed by atoms with E-state index in [2.05, 4.69) is 10.3 Å². The standard InChI is InChI=1S/C22H25N5O6S/c1-13-11-27(12-14(2)33-13)34(31,32)17-7-5-15(6-8-17)20(28)24-16-9-18-19(23-10-16)25(3)22(30)26(4)21(18)29/h5-10,13-14H,11-12H2,1-4H3,(H,24,28). The van der Waals surface area contributed by atoms with Crippen LogP contribution < -0.4 is 16.6 Å². The highest BCUT2D eigenvalue weighted by molar-refractivity contribution is 7.89. The minimum atomic E-state index is -3.72. The van der Waals surface area contributed by atoms with Crippen LogP contribution >= 0.6 is 0 Å². The zero-order valence-electron chi connectivity index (χ0n) is 19.2. The SMILES string of the molecule is CC1CN(S(=O)(=O)c2ccc(C(=O)Nc3cnc4c(c3)c(=O)n(C)c(=O)n4C)cc2)CC(C)O1. The fourth-order valence-corrected chi connectivity index (χ4v) is 5.58. The minimum Gasteiger partial charge on any atom is -0.373 e. The van der Waals surface area contributed by atoms with Crippen LogP contribution in [0.3, 0.4) is 0 Å². The van der Waals surface area contributed by atoms with Gasteiger partial charge in [0.2, 0.25) is 10.0 Å². The number of hydrogen-bond donors (Lipinski definition) is 1. The van der Waals surface area contributed by atoms with E-state index in [-0.39, 0.29) is 52.5 Å². The van der Waals surface area contributed by atoms with E-state index in [0.29, 0.717) is 0 Å². The number of hydrogen-bond acceptors (Lipinski definition) is 7. The van der Waals surface area contributed by atoms with Gasteiger partial charge in [0.25, 0.3) is 11.5 Å². The van der Waals surface area contributed by atoms with Crippen LogP contribution in [0.4, 0.5) is 5.69 Å². The van der Waals surface area contributed by atoms with Crippen LogP contribution in [0.5, 0.6) is 0 Å². The van der Waals surface area contributed by atoms with E-state index in [1.807, 2.05) is 13.8 Å². The highest BCUT2D eigenvalue weighted by atomic mass is 32.2. The Morgan fingerprint density at radius 1 is 1.06 bits per heavy atom. The number of sulfonamides is 1. The van der Waals surface area contributed by atoms with E-state index in [9.17, 15) is 22.8 Å². The van der Waals surface area contributed by atoms with Crippen LogP contribution in [0.25, 0.3) is 11.0 Å². The summed E-state index contributed by atoms with van der Waals surface area (Å²) in [5, 5.41) is 2.83. The van der Waals surface area contributed by atoms with Gasteiger partial charge in [0, 0.05) is 32.7 Å². The number of benzene rings is 1. The smallest absolute Gasteiger partial charge is 0.332 e. The molecule has 1 aliphatic rings. The van der Waals surface area contributed by atoms with Crippen LogP contribution in [0, 0.1) is 0 Å². The number of rotatable bonds is 4. The van der Waals surface area contributed by atoms with Gasteiger partial charge in [-0.15, -0.1) is 0 Å². The van der Waals surface area contributed by atoms with Crippen molar-refractivity contribution < 1.29 is 17.9 Å². The van der Waals surface area contributed by atoms with Gasteiger partial charge in [-0.3, -0.25) is 18.7 Å². The molecule has 34 heavy (non-hydrogen) atoms. The van der Waals surface area contributed by atoms with E-state index in [4.69, 9.17) is 4.74 Å². The number of carbonyl (C=O) groups excluding carboxylic acids is 1. The molecular weight excluding hydrogens is 462 g/mol. The molecule has 2 unspecified atom stereocenters. The Balaban J connectivity index is 1.56. The average molecular weight is 488 g/mol. The van der Waals surface area contributed by atoms with Crippen molar-refractivity contribution in [3.63, 3.8) is 0 Å². The van der Waals surface area contributed by atoms with Crippen molar-refractivity contribution in [2.45, 2.75) is 31.0 Å². The van der Waals surface area contributed by atoms with E-state index in [1.165, 1.54) is 59.5 Å². The van der Waals surface area contributed by atoms with Crippen molar-refractivity contribution in [2.75, 3.05) is 18.4 Å². The van der Waals surface area contributed by atoms with Gasteiger partial charge in [-0.2, -0.15) is 4.31 Å². The first-order valence-electron chi connectivity index (χ1n) is 10.6. The van der Waals surface area contributed by atoms with Gasteiger partial charge in [0.15, 0.2) is 0 Å². The molecule has 3 heterocycles. The van der Waals surface area contributed by atoms with Crippen LogP contribution in [-0.2, 0) is 28.9 Å². The van der Waals surface area contributed by atoms with Crippen LogP contribution in [0.1, 0.15) is 24.2 Å². The lowest BCUT2D eigenvalue weighted by molar-refractivity contribution is -0.0440. The first-order valence-corrected chi connectivity index (χ1v) is 12.1. The van der Waals surface area contributed by atoms with E-state index < -0.39 is 27.2 Å². The van der Waals surface area contributed by atoms with Gasteiger partial charge in [-0.05, 0) is 44.2 Å². The van der Waals surface area contributed by atoms with Crippen molar-refractivity contribution >= 4 is 32.7 Å². The first-order chi connectivity index (χ1) is 16.0. The summed E-state index contributed by atoms with van der Waals surface area (Å²) in [6.45, 7) is 4.16. The maximum atomic E-state index is 13.0. The number of ether oxygens (including phenoxy) is 1. The maximum Gasteiger partial charge on any atom is 0.332 e. The summed E-state index contributed by atoms with van der Waals surface area (Å²) in [6.07, 6.45) is 0.926. The Morgan fingerprint density at radius 3 is 2.29 bits per heavy atom. The third-order valence-electron chi connectivity index (χ3n) is 5.69. The number of nitrogens with one attached hydrogen (secondary N) is 1. The quantitative estimate of drug-likeness (QED) is 0.572. The van der Waals surface area contributed by atoms with E-state index in [1.54, 1.807) is 0 Å². The number of aromatic nitrogens is 3. The molecular formula is C22H25N5O6S. The second-order valence-electron chi connectivity index (χ2n) is 8.36. The largest absolute Gasteiger partial charge is 0.373 e. The molecule has 11 nitrogen and oxygen atoms in total. The van der Waals surface area contributed by atoms with Gasteiger partial charge in [0.1, 0.15) is 5.65 Å². The molecule has 0 spiro atoms. The number of morpholine rings is 1. The summed E-state index contributed by atoms with van der Waals surface area (Å²) in [6, 6.07) is 7.07. The monoisotopic (exact) mass is 487 g/mol. The molecule has 0 radical (unpaired) electrons. The van der Waals surface area contributed by atoms with Gasteiger partial charge in [0.05, 0.1) is 34.4 Å². The fourth-order valence-electron chi connectivity index (χ4n) is 3.99. The molecule has 0 saturated carbocycles. The summed E-state index contributed by atoms with van der Waals surface area (Å²) in [7, 11) is -0.856. The fraction of sp³-hybridized carbons (Fsp3) is 0.364. The third kappa shape index (κ3) is 4.27. The van der Waals surface area contributed by atoms with Crippen molar-refractivity contribution in [3.05, 3.63) is 62.9 Å². The molecule has 12 heteroatoms. The van der Waals surface area contributed by atoms with Crippen LogP contribution in [0.15, 0.2) is 51.0 Å². The molecule has 1 amide bonds. The van der Waals surface area contributed by atoms with Crippen molar-refractivity contribution in [1.82, 2.24) is 18.4 Å². The molecule has 180 valence electrons. The molecule has 1 saturated heterocycles. The zero-order valence-corrected chi connectivity index (χ0v) is 20.0. The summed E-state index contributed by atoms with van der Waals surface area (Å²) >= 11 is 0. The van der Waals surface area contributed by atoms with E-state index in [0.717, 1.165) is 4.57 Å². The Bertz CT molecular complexity index is 1480. The first kappa shape index (κ1) is 23.8. The summed E-state index contributed by atoms with van der Waals surface area (Å²) in [4.78, 5) is 41.4. The third-order valence-corrected chi connectivity index (χ3v) is 7.54. The average Bonchev–Trinajstić information content (AvgIpc) is 2.80. The second-order valence-corrected chi connectivity index (χ2v) is 10.3. The number of pyridine rings is 1. The Labute approximate surface area is 195 Å². The van der Waals surface area contributed by atoms with Gasteiger partial charge < -0.3 is 10.1 Å². The molecule has 2 atom stereocenters.